The van der Waals surface area contributed by atoms with Gasteiger partial charge in [-0.2, -0.15) is 5.10 Å². The van der Waals surface area contributed by atoms with Gasteiger partial charge in [0.2, 0.25) is 0 Å². The van der Waals surface area contributed by atoms with Crippen molar-refractivity contribution in [1.29, 1.82) is 0 Å². The standard InChI is InChI=1S/C22H15Cl2N3O6/c1-32-17-4-2-3-13(10-17)22(29)33-20-8-6-16(27(30)31)9-14(20)12-25-26-21(28)18-7-5-15(23)11-19(18)24/h2-12H,1H3,(H,26,28)/b25-12+. The summed E-state index contributed by atoms with van der Waals surface area (Å²) in [6.45, 7) is 0. The van der Waals surface area contributed by atoms with Crippen LogP contribution in [0.2, 0.25) is 10.0 Å². The number of carbonyl (C=O) groups is 2. The molecule has 168 valence electrons. The van der Waals surface area contributed by atoms with E-state index in [1.54, 1.807) is 12.1 Å². The quantitative estimate of drug-likeness (QED) is 0.166. The first-order valence-corrected chi connectivity index (χ1v) is 9.97. The van der Waals surface area contributed by atoms with Gasteiger partial charge in [0, 0.05) is 22.7 Å². The number of halogens is 2. The molecule has 0 aliphatic heterocycles. The Labute approximate surface area is 197 Å². The van der Waals surface area contributed by atoms with Crippen LogP contribution in [0.3, 0.4) is 0 Å². The van der Waals surface area contributed by atoms with Crippen LogP contribution in [0.5, 0.6) is 11.5 Å². The molecule has 0 spiro atoms. The summed E-state index contributed by atoms with van der Waals surface area (Å²) in [7, 11) is 1.46. The summed E-state index contributed by atoms with van der Waals surface area (Å²) in [5, 5.41) is 15.4. The van der Waals surface area contributed by atoms with E-state index in [0.29, 0.717) is 10.8 Å². The summed E-state index contributed by atoms with van der Waals surface area (Å²) >= 11 is 11.8. The highest BCUT2D eigenvalue weighted by Gasteiger charge is 2.16. The fraction of sp³-hybridized carbons (Fsp3) is 0.0455. The molecule has 1 N–H and O–H groups in total. The Morgan fingerprint density at radius 2 is 1.88 bits per heavy atom. The topological polar surface area (TPSA) is 120 Å². The molecule has 0 bridgehead atoms. The van der Waals surface area contributed by atoms with E-state index in [0.717, 1.165) is 12.3 Å². The maximum atomic E-state index is 12.5. The molecule has 3 rings (SSSR count). The molecule has 0 heterocycles. The van der Waals surface area contributed by atoms with Crippen molar-refractivity contribution in [1.82, 2.24) is 5.43 Å². The Bertz CT molecular complexity index is 1260. The molecule has 0 aromatic heterocycles. The molecular weight excluding hydrogens is 473 g/mol. The zero-order valence-corrected chi connectivity index (χ0v) is 18.5. The normalized spacial score (nSPS) is 10.6. The molecule has 33 heavy (non-hydrogen) atoms. The lowest BCUT2D eigenvalue weighted by molar-refractivity contribution is -0.384. The van der Waals surface area contributed by atoms with Gasteiger partial charge in [0.05, 0.1) is 34.4 Å². The van der Waals surface area contributed by atoms with Crippen molar-refractivity contribution in [3.05, 3.63) is 97.5 Å². The van der Waals surface area contributed by atoms with Crippen LogP contribution in [0.4, 0.5) is 5.69 Å². The van der Waals surface area contributed by atoms with Crippen molar-refractivity contribution < 1.29 is 24.0 Å². The Balaban J connectivity index is 1.83. The zero-order chi connectivity index (χ0) is 24.0. The predicted molar refractivity (Wildman–Crippen MR) is 123 cm³/mol. The number of amides is 1. The van der Waals surface area contributed by atoms with Crippen LogP contribution in [0, 0.1) is 10.1 Å². The lowest BCUT2D eigenvalue weighted by atomic mass is 10.2. The van der Waals surface area contributed by atoms with Crippen LogP contribution in [0.15, 0.2) is 65.8 Å². The van der Waals surface area contributed by atoms with Gasteiger partial charge in [0.25, 0.3) is 11.6 Å². The highest BCUT2D eigenvalue weighted by atomic mass is 35.5. The second-order valence-corrected chi connectivity index (χ2v) is 7.27. The molecule has 11 heteroatoms. The summed E-state index contributed by atoms with van der Waals surface area (Å²) in [6.07, 6.45) is 1.11. The van der Waals surface area contributed by atoms with E-state index in [1.807, 2.05) is 0 Å². The predicted octanol–water partition coefficient (Wildman–Crippen LogP) is 4.89. The first-order valence-electron chi connectivity index (χ1n) is 9.21. The van der Waals surface area contributed by atoms with Crippen molar-refractivity contribution in [2.45, 2.75) is 0 Å². The zero-order valence-electron chi connectivity index (χ0n) is 17.0. The van der Waals surface area contributed by atoms with Gasteiger partial charge in [0.15, 0.2) is 0 Å². The molecular formula is C22H15Cl2N3O6. The number of nitrogens with zero attached hydrogens (tertiary/aromatic N) is 2. The number of nitro benzene ring substituents is 1. The number of ether oxygens (including phenoxy) is 2. The second kappa shape index (κ2) is 10.6. The third-order valence-electron chi connectivity index (χ3n) is 4.26. The van der Waals surface area contributed by atoms with Crippen LogP contribution >= 0.6 is 23.2 Å². The maximum Gasteiger partial charge on any atom is 0.343 e. The molecule has 1 amide bonds. The molecule has 0 atom stereocenters. The largest absolute Gasteiger partial charge is 0.497 e. The molecule has 0 fully saturated rings. The Morgan fingerprint density at radius 3 is 2.58 bits per heavy atom. The van der Waals surface area contributed by atoms with Crippen LogP contribution in [-0.4, -0.2) is 30.1 Å². The smallest absolute Gasteiger partial charge is 0.343 e. The van der Waals surface area contributed by atoms with E-state index >= 15 is 0 Å². The number of benzene rings is 3. The molecule has 3 aromatic rings. The summed E-state index contributed by atoms with van der Waals surface area (Å²) in [5.74, 6) is -0.892. The number of nitro groups is 1. The Kier molecular flexibility index (Phi) is 7.60. The van der Waals surface area contributed by atoms with Gasteiger partial charge < -0.3 is 9.47 Å². The third-order valence-corrected chi connectivity index (χ3v) is 4.81. The summed E-state index contributed by atoms with van der Waals surface area (Å²) in [5.41, 5.74) is 2.42. The highest BCUT2D eigenvalue weighted by Crippen LogP contribution is 2.25. The van der Waals surface area contributed by atoms with Crippen LogP contribution in [-0.2, 0) is 0 Å². The van der Waals surface area contributed by atoms with E-state index in [4.69, 9.17) is 32.7 Å². The number of hydrogen-bond donors (Lipinski definition) is 1. The molecule has 0 radical (unpaired) electrons. The van der Waals surface area contributed by atoms with Gasteiger partial charge in [0.1, 0.15) is 11.5 Å². The van der Waals surface area contributed by atoms with Crippen LogP contribution in [0.1, 0.15) is 26.3 Å². The number of hydrogen-bond acceptors (Lipinski definition) is 7. The van der Waals surface area contributed by atoms with E-state index in [2.05, 4.69) is 10.5 Å². The fourth-order valence-corrected chi connectivity index (χ4v) is 3.14. The van der Waals surface area contributed by atoms with E-state index in [1.165, 1.54) is 49.6 Å². The minimum Gasteiger partial charge on any atom is -0.497 e. The van der Waals surface area contributed by atoms with Crippen molar-refractivity contribution >= 4 is 47.0 Å². The summed E-state index contributed by atoms with van der Waals surface area (Å²) < 4.78 is 10.5. The van der Waals surface area contributed by atoms with Crippen molar-refractivity contribution in [2.75, 3.05) is 7.11 Å². The van der Waals surface area contributed by atoms with Gasteiger partial charge in [-0.15, -0.1) is 0 Å². The third kappa shape index (κ3) is 6.06. The second-order valence-electron chi connectivity index (χ2n) is 6.42. The number of carbonyl (C=O) groups excluding carboxylic acids is 2. The Hall–Kier alpha value is -3.95. The van der Waals surface area contributed by atoms with Crippen LogP contribution < -0.4 is 14.9 Å². The molecule has 0 unspecified atom stereocenters. The number of methoxy groups -OCH3 is 1. The van der Waals surface area contributed by atoms with E-state index < -0.39 is 16.8 Å². The molecule has 0 aliphatic carbocycles. The number of nitrogens with one attached hydrogen (secondary N) is 1. The van der Waals surface area contributed by atoms with Gasteiger partial charge in [-0.1, -0.05) is 29.3 Å². The maximum absolute atomic E-state index is 12.5. The SMILES string of the molecule is COc1cccc(C(=O)Oc2ccc([N+](=O)[O-])cc2/C=N/NC(=O)c2ccc(Cl)cc2Cl)c1. The summed E-state index contributed by atoms with van der Waals surface area (Å²) in [4.78, 5) is 35.4. The van der Waals surface area contributed by atoms with Crippen LogP contribution in [0.25, 0.3) is 0 Å². The number of hydrazone groups is 1. The minimum absolute atomic E-state index is 0.00376. The molecule has 0 saturated heterocycles. The van der Waals surface area contributed by atoms with Gasteiger partial charge >= 0.3 is 5.97 Å². The fourth-order valence-electron chi connectivity index (χ4n) is 2.65. The van der Waals surface area contributed by atoms with Gasteiger partial charge in [-0.3, -0.25) is 14.9 Å². The lowest BCUT2D eigenvalue weighted by Crippen LogP contribution is -2.18. The average molecular weight is 488 g/mol. The van der Waals surface area contributed by atoms with E-state index in [-0.39, 0.29) is 33.1 Å². The van der Waals surface area contributed by atoms with Crippen molar-refractivity contribution in [3.63, 3.8) is 0 Å². The molecule has 9 nitrogen and oxygen atoms in total. The first-order chi connectivity index (χ1) is 15.8. The van der Waals surface area contributed by atoms with E-state index in [9.17, 15) is 19.7 Å². The summed E-state index contributed by atoms with van der Waals surface area (Å²) in [6, 6.07) is 14.2. The van der Waals surface area contributed by atoms with Crippen molar-refractivity contribution in [2.24, 2.45) is 5.10 Å². The molecule has 0 aliphatic rings. The lowest BCUT2D eigenvalue weighted by Gasteiger charge is -2.08. The monoisotopic (exact) mass is 487 g/mol. The molecule has 3 aromatic carbocycles. The first kappa shape index (κ1) is 23.7. The van der Waals surface area contributed by atoms with Gasteiger partial charge in [-0.25, -0.2) is 10.2 Å². The number of rotatable bonds is 7. The number of esters is 1. The highest BCUT2D eigenvalue weighted by molar-refractivity contribution is 6.36. The average Bonchev–Trinajstić information content (AvgIpc) is 2.79. The van der Waals surface area contributed by atoms with Crippen molar-refractivity contribution in [3.8, 4) is 11.5 Å². The molecule has 0 saturated carbocycles. The Morgan fingerprint density at radius 1 is 1.09 bits per heavy atom. The minimum atomic E-state index is -0.714. The number of non-ortho nitro benzene ring substituents is 1. The van der Waals surface area contributed by atoms with Gasteiger partial charge in [-0.05, 0) is 42.5 Å².